The molecule has 22 heavy (non-hydrogen) atoms. The van der Waals surface area contributed by atoms with Gasteiger partial charge in [-0.25, -0.2) is 0 Å². The Morgan fingerprint density at radius 3 is 1.50 bits per heavy atom. The molecule has 0 N–H and O–H groups in total. The lowest BCUT2D eigenvalue weighted by Crippen LogP contribution is -2.02. The predicted molar refractivity (Wildman–Crippen MR) is 82.3 cm³/mol. The van der Waals surface area contributed by atoms with E-state index in [1.165, 1.54) is 0 Å². The molecule has 1 heterocycles. The van der Waals surface area contributed by atoms with E-state index in [2.05, 4.69) is 0 Å². The van der Waals surface area contributed by atoms with Crippen molar-refractivity contribution in [3.63, 3.8) is 0 Å². The number of hydrogen-bond acceptors (Lipinski definition) is 4. The van der Waals surface area contributed by atoms with Crippen LogP contribution in [0, 0.1) is 0 Å². The first-order valence-corrected chi connectivity index (χ1v) is 7.32. The maximum Gasteiger partial charge on any atom is 0.170 e. The molecule has 0 amide bonds. The van der Waals surface area contributed by atoms with E-state index in [4.69, 9.17) is 32.7 Å². The Kier molecular flexibility index (Phi) is 4.05. The summed E-state index contributed by atoms with van der Waals surface area (Å²) in [7, 11) is 0. The number of hydrogen-bond donors (Lipinski definition) is 0. The van der Waals surface area contributed by atoms with Crippen LogP contribution in [-0.4, -0.2) is 12.6 Å². The van der Waals surface area contributed by atoms with Crippen LogP contribution in [0.15, 0.2) is 36.4 Å². The fourth-order valence-corrected chi connectivity index (χ4v) is 2.39. The highest BCUT2D eigenvalue weighted by atomic mass is 35.5. The van der Waals surface area contributed by atoms with Crippen LogP contribution in [0.3, 0.4) is 0 Å². The van der Waals surface area contributed by atoms with E-state index in [-0.39, 0.29) is 0 Å². The summed E-state index contributed by atoms with van der Waals surface area (Å²) in [6.07, 6.45) is 1.29. The average molecular weight is 337 g/mol. The molecule has 2 atom stereocenters. The molecule has 0 spiro atoms. The summed E-state index contributed by atoms with van der Waals surface area (Å²) in [6.45, 7) is 0. The molecule has 6 heteroatoms. The van der Waals surface area contributed by atoms with Gasteiger partial charge in [0.25, 0.3) is 0 Å². The van der Waals surface area contributed by atoms with Gasteiger partial charge in [0.05, 0.1) is 0 Å². The van der Waals surface area contributed by atoms with Crippen LogP contribution in [0.25, 0.3) is 0 Å². The number of carbonyl (C=O) groups is 2. The SMILES string of the molecule is O=CC(Cl)c1ccc2c(c1)Oc1ccc(C(Cl)C=O)cc1O2. The van der Waals surface area contributed by atoms with Crippen molar-refractivity contribution in [2.24, 2.45) is 0 Å². The number of alkyl halides is 2. The van der Waals surface area contributed by atoms with E-state index >= 15 is 0 Å². The number of aldehydes is 2. The molecule has 112 valence electrons. The number of halogens is 2. The van der Waals surface area contributed by atoms with Crippen LogP contribution < -0.4 is 9.47 Å². The molecule has 2 unspecified atom stereocenters. The Bertz CT molecular complexity index is 681. The second-order valence-corrected chi connectivity index (χ2v) is 5.63. The van der Waals surface area contributed by atoms with E-state index in [1.54, 1.807) is 36.4 Å². The zero-order chi connectivity index (χ0) is 15.7. The van der Waals surface area contributed by atoms with Gasteiger partial charge in [-0.2, -0.15) is 0 Å². The van der Waals surface area contributed by atoms with E-state index in [9.17, 15) is 9.59 Å². The minimum absolute atomic E-state index is 0.475. The molecule has 1 aliphatic rings. The van der Waals surface area contributed by atoms with E-state index in [0.717, 1.165) is 0 Å². The fourth-order valence-electron chi connectivity index (χ4n) is 2.11. The van der Waals surface area contributed by atoms with E-state index in [0.29, 0.717) is 46.7 Å². The van der Waals surface area contributed by atoms with Crippen LogP contribution in [0.2, 0.25) is 0 Å². The van der Waals surface area contributed by atoms with Crippen molar-refractivity contribution >= 4 is 35.8 Å². The molecule has 0 saturated heterocycles. The van der Waals surface area contributed by atoms with Gasteiger partial charge >= 0.3 is 0 Å². The van der Waals surface area contributed by atoms with Gasteiger partial charge in [0.1, 0.15) is 23.3 Å². The Balaban J connectivity index is 1.94. The molecule has 0 aromatic heterocycles. The molecule has 0 aliphatic carbocycles. The second-order valence-electron chi connectivity index (χ2n) is 4.69. The fraction of sp³-hybridized carbons (Fsp3) is 0.125. The first kappa shape index (κ1) is 14.9. The second kappa shape index (κ2) is 5.99. The molecular weight excluding hydrogens is 327 g/mol. The Labute approximate surface area is 136 Å². The third-order valence-electron chi connectivity index (χ3n) is 3.25. The van der Waals surface area contributed by atoms with Gasteiger partial charge in [0.15, 0.2) is 23.0 Å². The highest BCUT2D eigenvalue weighted by Crippen LogP contribution is 2.47. The molecule has 4 nitrogen and oxygen atoms in total. The average Bonchev–Trinajstić information content (AvgIpc) is 2.57. The lowest BCUT2D eigenvalue weighted by Gasteiger charge is -2.22. The monoisotopic (exact) mass is 336 g/mol. The molecule has 0 fully saturated rings. The van der Waals surface area contributed by atoms with Crippen molar-refractivity contribution in [2.75, 3.05) is 0 Å². The van der Waals surface area contributed by atoms with Gasteiger partial charge in [-0.3, -0.25) is 0 Å². The van der Waals surface area contributed by atoms with Crippen LogP contribution in [0.4, 0.5) is 0 Å². The third-order valence-corrected chi connectivity index (χ3v) is 3.96. The zero-order valence-electron chi connectivity index (χ0n) is 11.2. The molecule has 2 aromatic rings. The largest absolute Gasteiger partial charge is 0.450 e. The van der Waals surface area contributed by atoms with Crippen LogP contribution in [0.5, 0.6) is 23.0 Å². The van der Waals surface area contributed by atoms with Crippen molar-refractivity contribution in [2.45, 2.75) is 10.8 Å². The van der Waals surface area contributed by atoms with Crippen molar-refractivity contribution in [3.8, 4) is 23.0 Å². The van der Waals surface area contributed by atoms with Gasteiger partial charge in [-0.1, -0.05) is 12.1 Å². The van der Waals surface area contributed by atoms with Crippen molar-refractivity contribution < 1.29 is 19.1 Å². The Morgan fingerprint density at radius 2 is 1.14 bits per heavy atom. The summed E-state index contributed by atoms with van der Waals surface area (Å²) in [5, 5.41) is -1.47. The zero-order valence-corrected chi connectivity index (χ0v) is 12.7. The maximum absolute atomic E-state index is 10.8. The number of rotatable bonds is 4. The molecule has 0 radical (unpaired) electrons. The highest BCUT2D eigenvalue weighted by molar-refractivity contribution is 6.28. The summed E-state index contributed by atoms with van der Waals surface area (Å²) < 4.78 is 11.5. The third kappa shape index (κ3) is 2.67. The lowest BCUT2D eigenvalue weighted by atomic mass is 10.1. The topological polar surface area (TPSA) is 52.6 Å². The quantitative estimate of drug-likeness (QED) is 0.518. The summed E-state index contributed by atoms with van der Waals surface area (Å²) in [4.78, 5) is 21.5. The molecular formula is C16H10Cl2O4. The molecule has 0 saturated carbocycles. The Morgan fingerprint density at radius 1 is 0.727 bits per heavy atom. The van der Waals surface area contributed by atoms with Crippen LogP contribution in [0.1, 0.15) is 21.9 Å². The Hall–Kier alpha value is -2.04. The normalized spacial score (nSPS) is 14.6. The predicted octanol–water partition coefficient (Wildman–Crippen LogP) is 4.54. The smallest absolute Gasteiger partial charge is 0.170 e. The van der Waals surface area contributed by atoms with Gasteiger partial charge in [0.2, 0.25) is 0 Å². The minimum atomic E-state index is -0.734. The summed E-state index contributed by atoms with van der Waals surface area (Å²) in [5.41, 5.74) is 1.25. The van der Waals surface area contributed by atoms with Gasteiger partial charge < -0.3 is 19.1 Å². The highest BCUT2D eigenvalue weighted by Gasteiger charge is 2.21. The standard InChI is InChI=1S/C16H10Cl2O4/c17-11(7-19)9-1-3-13-15(5-9)22-14-4-2-10(12(18)8-20)6-16(14)21-13/h1-8,11-12H. The molecule has 0 bridgehead atoms. The molecule has 1 aliphatic heterocycles. The molecule has 3 rings (SSSR count). The molecule has 2 aromatic carbocycles. The summed E-state index contributed by atoms with van der Waals surface area (Å²) >= 11 is 11.8. The van der Waals surface area contributed by atoms with E-state index in [1.807, 2.05) is 0 Å². The number of benzene rings is 2. The summed E-state index contributed by atoms with van der Waals surface area (Å²) in [6, 6.07) is 10.1. The van der Waals surface area contributed by atoms with Crippen LogP contribution in [-0.2, 0) is 9.59 Å². The summed E-state index contributed by atoms with van der Waals surface area (Å²) in [5.74, 6) is 1.95. The van der Waals surface area contributed by atoms with Crippen molar-refractivity contribution in [1.29, 1.82) is 0 Å². The van der Waals surface area contributed by atoms with Crippen LogP contribution >= 0.6 is 23.2 Å². The minimum Gasteiger partial charge on any atom is -0.450 e. The maximum atomic E-state index is 10.8. The van der Waals surface area contributed by atoms with Crippen molar-refractivity contribution in [3.05, 3.63) is 47.5 Å². The van der Waals surface area contributed by atoms with Gasteiger partial charge in [0, 0.05) is 0 Å². The van der Waals surface area contributed by atoms with E-state index < -0.39 is 10.8 Å². The lowest BCUT2D eigenvalue weighted by molar-refractivity contribution is -0.108. The van der Waals surface area contributed by atoms with Gasteiger partial charge in [-0.05, 0) is 35.4 Å². The first-order chi connectivity index (χ1) is 10.6. The first-order valence-electron chi connectivity index (χ1n) is 6.44. The van der Waals surface area contributed by atoms with Gasteiger partial charge in [-0.15, -0.1) is 23.2 Å². The van der Waals surface area contributed by atoms with Crippen molar-refractivity contribution in [1.82, 2.24) is 0 Å². The number of carbonyl (C=O) groups excluding carboxylic acids is 2. The number of fused-ring (bicyclic) bond motifs is 2. The number of ether oxygens (including phenoxy) is 2.